The number of thiophene rings is 1. The molecule has 0 saturated carbocycles. The van der Waals surface area contributed by atoms with Crippen LogP contribution in [0.25, 0.3) is 21.3 Å². The third-order valence-corrected chi connectivity index (χ3v) is 7.12. The molecule has 0 atom stereocenters. The summed E-state index contributed by atoms with van der Waals surface area (Å²) in [6, 6.07) is 5.68. The molecule has 0 bridgehead atoms. The van der Waals surface area contributed by atoms with Gasteiger partial charge < -0.3 is 10.6 Å². The van der Waals surface area contributed by atoms with Gasteiger partial charge in [-0.1, -0.05) is 42.3 Å². The van der Waals surface area contributed by atoms with Gasteiger partial charge in [0.25, 0.3) is 0 Å². The number of halogens is 2. The standard InChI is InChI=1S/C19H20Cl2N4S/c1-19(10-22)5-7-25(8-6-19)18-17-16(23-11-24-18)13(9-26-17)12-3-2-4-14(20)15(12)21/h2-4,9,11H,5-8,10,22H2,1H3. The van der Waals surface area contributed by atoms with E-state index in [0.29, 0.717) is 10.0 Å². The lowest BCUT2D eigenvalue weighted by molar-refractivity contribution is 0.258. The first kappa shape index (κ1) is 18.0. The fourth-order valence-electron chi connectivity index (χ4n) is 3.43. The van der Waals surface area contributed by atoms with Gasteiger partial charge in [0.1, 0.15) is 12.1 Å². The van der Waals surface area contributed by atoms with Crippen molar-refractivity contribution in [3.8, 4) is 11.1 Å². The topological polar surface area (TPSA) is 55.0 Å². The average Bonchev–Trinajstić information content (AvgIpc) is 3.09. The molecule has 4 nitrogen and oxygen atoms in total. The fourth-order valence-corrected chi connectivity index (χ4v) is 4.87. The number of anilines is 1. The number of nitrogens with two attached hydrogens (primary N) is 1. The van der Waals surface area contributed by atoms with Gasteiger partial charge in [-0.25, -0.2) is 9.97 Å². The lowest BCUT2D eigenvalue weighted by Gasteiger charge is -2.39. The number of piperidine rings is 1. The molecule has 3 aromatic rings. The van der Waals surface area contributed by atoms with Crippen LogP contribution in [0.15, 0.2) is 29.9 Å². The van der Waals surface area contributed by atoms with Crippen molar-refractivity contribution in [1.29, 1.82) is 0 Å². The van der Waals surface area contributed by atoms with E-state index in [2.05, 4.69) is 27.2 Å². The second-order valence-corrected chi connectivity index (χ2v) is 8.79. The molecule has 0 amide bonds. The minimum atomic E-state index is 0.234. The molecule has 3 heterocycles. The summed E-state index contributed by atoms with van der Waals surface area (Å²) in [5.41, 5.74) is 9.01. The van der Waals surface area contributed by atoms with E-state index in [0.717, 1.165) is 59.6 Å². The highest BCUT2D eigenvalue weighted by atomic mass is 35.5. The van der Waals surface area contributed by atoms with Gasteiger partial charge in [-0.3, -0.25) is 0 Å². The molecule has 2 N–H and O–H groups in total. The molecule has 0 unspecified atom stereocenters. The second-order valence-electron chi connectivity index (χ2n) is 7.13. The molecule has 7 heteroatoms. The van der Waals surface area contributed by atoms with Crippen LogP contribution in [0.1, 0.15) is 19.8 Å². The Labute approximate surface area is 167 Å². The largest absolute Gasteiger partial charge is 0.355 e. The van der Waals surface area contributed by atoms with Gasteiger partial charge in [-0.2, -0.15) is 0 Å². The van der Waals surface area contributed by atoms with Crippen LogP contribution in [0.4, 0.5) is 5.82 Å². The van der Waals surface area contributed by atoms with Crippen LogP contribution in [0, 0.1) is 5.41 Å². The second kappa shape index (κ2) is 6.97. The SMILES string of the molecule is CC1(CN)CCN(c2ncnc3c(-c4cccc(Cl)c4Cl)csc23)CC1. The van der Waals surface area contributed by atoms with E-state index in [1.807, 2.05) is 12.1 Å². The summed E-state index contributed by atoms with van der Waals surface area (Å²) in [6.07, 6.45) is 3.80. The molecule has 0 radical (unpaired) electrons. The lowest BCUT2D eigenvalue weighted by Crippen LogP contribution is -2.42. The smallest absolute Gasteiger partial charge is 0.150 e. The minimum absolute atomic E-state index is 0.234. The summed E-state index contributed by atoms with van der Waals surface area (Å²) >= 11 is 14.3. The highest BCUT2D eigenvalue weighted by Gasteiger charge is 2.30. The summed E-state index contributed by atoms with van der Waals surface area (Å²) in [7, 11) is 0. The van der Waals surface area contributed by atoms with Crippen LogP contribution in [-0.2, 0) is 0 Å². The molecule has 1 aromatic carbocycles. The maximum absolute atomic E-state index is 6.43. The van der Waals surface area contributed by atoms with Crippen molar-refractivity contribution in [3.63, 3.8) is 0 Å². The fraction of sp³-hybridized carbons (Fsp3) is 0.368. The highest BCUT2D eigenvalue weighted by molar-refractivity contribution is 7.18. The van der Waals surface area contributed by atoms with Crippen LogP contribution in [0.3, 0.4) is 0 Å². The molecule has 0 aliphatic carbocycles. The number of hydrogen-bond acceptors (Lipinski definition) is 5. The summed E-state index contributed by atoms with van der Waals surface area (Å²) in [5.74, 6) is 1.00. The number of nitrogens with zero attached hydrogens (tertiary/aromatic N) is 3. The van der Waals surface area contributed by atoms with Crippen molar-refractivity contribution in [2.45, 2.75) is 19.8 Å². The van der Waals surface area contributed by atoms with Crippen molar-refractivity contribution in [3.05, 3.63) is 40.0 Å². The quantitative estimate of drug-likeness (QED) is 0.646. The van der Waals surface area contributed by atoms with Crippen molar-refractivity contribution in [1.82, 2.24) is 9.97 Å². The first-order chi connectivity index (χ1) is 12.5. The van der Waals surface area contributed by atoms with Crippen molar-refractivity contribution < 1.29 is 0 Å². The Morgan fingerprint density at radius 2 is 1.96 bits per heavy atom. The van der Waals surface area contributed by atoms with Gasteiger partial charge in [0.05, 0.1) is 20.3 Å². The summed E-state index contributed by atoms with van der Waals surface area (Å²) in [5, 5.41) is 3.20. The van der Waals surface area contributed by atoms with Gasteiger partial charge >= 0.3 is 0 Å². The number of benzene rings is 1. The van der Waals surface area contributed by atoms with Crippen LogP contribution >= 0.6 is 34.5 Å². The molecule has 136 valence electrons. The van der Waals surface area contributed by atoms with Crippen molar-refractivity contribution in [2.24, 2.45) is 11.1 Å². The van der Waals surface area contributed by atoms with E-state index < -0.39 is 0 Å². The van der Waals surface area contributed by atoms with Gasteiger partial charge in [0, 0.05) is 29.6 Å². The predicted molar refractivity (Wildman–Crippen MR) is 111 cm³/mol. The minimum Gasteiger partial charge on any atom is -0.355 e. The Kier molecular flexibility index (Phi) is 4.82. The first-order valence-electron chi connectivity index (χ1n) is 8.64. The molecule has 0 spiro atoms. The average molecular weight is 407 g/mol. The number of hydrogen-bond donors (Lipinski definition) is 1. The van der Waals surface area contributed by atoms with E-state index in [9.17, 15) is 0 Å². The van der Waals surface area contributed by atoms with Gasteiger partial charge in [-0.05, 0) is 30.9 Å². The zero-order valence-electron chi connectivity index (χ0n) is 14.5. The summed E-state index contributed by atoms with van der Waals surface area (Å²) in [4.78, 5) is 11.5. The Balaban J connectivity index is 1.74. The highest BCUT2D eigenvalue weighted by Crippen LogP contribution is 2.42. The van der Waals surface area contributed by atoms with Gasteiger partial charge in [-0.15, -0.1) is 11.3 Å². The Bertz CT molecular complexity index is 948. The van der Waals surface area contributed by atoms with E-state index >= 15 is 0 Å². The molecule has 1 saturated heterocycles. The Hall–Kier alpha value is -1.40. The summed E-state index contributed by atoms with van der Waals surface area (Å²) < 4.78 is 1.09. The van der Waals surface area contributed by atoms with Gasteiger partial charge in [0.15, 0.2) is 0 Å². The summed E-state index contributed by atoms with van der Waals surface area (Å²) in [6.45, 7) is 4.93. The van der Waals surface area contributed by atoms with Crippen LogP contribution in [0.2, 0.25) is 10.0 Å². The molecule has 4 rings (SSSR count). The van der Waals surface area contributed by atoms with Crippen LogP contribution in [-0.4, -0.2) is 29.6 Å². The molecule has 2 aromatic heterocycles. The molecular formula is C19H20Cl2N4S. The van der Waals surface area contributed by atoms with Crippen molar-refractivity contribution >= 4 is 50.6 Å². The lowest BCUT2D eigenvalue weighted by atomic mass is 9.80. The van der Waals surface area contributed by atoms with Crippen molar-refractivity contribution in [2.75, 3.05) is 24.5 Å². The van der Waals surface area contributed by atoms with Gasteiger partial charge in [0.2, 0.25) is 0 Å². The van der Waals surface area contributed by atoms with E-state index in [4.69, 9.17) is 28.9 Å². The van der Waals surface area contributed by atoms with E-state index in [-0.39, 0.29) is 5.41 Å². The molecular weight excluding hydrogens is 387 g/mol. The normalized spacial score (nSPS) is 17.0. The number of rotatable bonds is 3. The predicted octanol–water partition coefficient (Wildman–Crippen LogP) is 5.23. The van der Waals surface area contributed by atoms with Crippen LogP contribution in [0.5, 0.6) is 0 Å². The molecule has 1 aliphatic heterocycles. The maximum Gasteiger partial charge on any atom is 0.150 e. The molecule has 1 fully saturated rings. The monoisotopic (exact) mass is 406 g/mol. The third kappa shape index (κ3) is 3.07. The van der Waals surface area contributed by atoms with Crippen LogP contribution < -0.4 is 10.6 Å². The number of fused-ring (bicyclic) bond motifs is 1. The Morgan fingerprint density at radius 3 is 2.69 bits per heavy atom. The molecule has 26 heavy (non-hydrogen) atoms. The van der Waals surface area contributed by atoms with E-state index in [1.165, 1.54) is 0 Å². The zero-order valence-corrected chi connectivity index (χ0v) is 16.8. The Morgan fingerprint density at radius 1 is 1.19 bits per heavy atom. The molecule has 1 aliphatic rings. The maximum atomic E-state index is 6.43. The zero-order chi connectivity index (χ0) is 18.3. The van der Waals surface area contributed by atoms with E-state index in [1.54, 1.807) is 23.7 Å². The number of aromatic nitrogens is 2. The third-order valence-electron chi connectivity index (χ3n) is 5.34. The first-order valence-corrected chi connectivity index (χ1v) is 10.3.